The van der Waals surface area contributed by atoms with Gasteiger partial charge in [-0.3, -0.25) is 0 Å². The topological polar surface area (TPSA) is 27.7 Å². The van der Waals surface area contributed by atoms with Gasteiger partial charge in [0.2, 0.25) is 0 Å². The van der Waals surface area contributed by atoms with Gasteiger partial charge in [0, 0.05) is 0 Å². The van der Waals surface area contributed by atoms with Crippen molar-refractivity contribution < 1.29 is 14.2 Å². The Labute approximate surface area is 172 Å². The van der Waals surface area contributed by atoms with Gasteiger partial charge in [0.25, 0.3) is 0 Å². The number of hydrogen-bond donors (Lipinski definition) is 0. The quantitative estimate of drug-likeness (QED) is 0.483. The molecule has 3 nitrogen and oxygen atoms in total. The predicted octanol–water partition coefficient (Wildman–Crippen LogP) is 2.64. The van der Waals surface area contributed by atoms with Crippen molar-refractivity contribution >= 4 is 27.5 Å². The van der Waals surface area contributed by atoms with Crippen molar-refractivity contribution in [3.63, 3.8) is 0 Å². The van der Waals surface area contributed by atoms with Gasteiger partial charge in [0.1, 0.15) is 0 Å². The summed E-state index contributed by atoms with van der Waals surface area (Å²) in [5.74, 6) is 0. The first-order chi connectivity index (χ1) is 13.8. The zero-order chi connectivity index (χ0) is 19.8. The van der Waals surface area contributed by atoms with Crippen LogP contribution in [-0.4, -0.2) is 35.7 Å². The van der Waals surface area contributed by atoms with Gasteiger partial charge < -0.3 is 0 Å². The summed E-state index contributed by atoms with van der Waals surface area (Å²) in [7, 11) is 5.27. The molecule has 1 radical (unpaired) electrons. The van der Waals surface area contributed by atoms with Crippen LogP contribution < -0.4 is 13.2 Å². The zero-order valence-corrected chi connectivity index (χ0v) is 18.9. The molecule has 0 aliphatic heterocycles. The molecule has 0 aliphatic rings. The van der Waals surface area contributed by atoms with Crippen LogP contribution in [0.15, 0.2) is 72.8 Å². The molecule has 0 aromatic heterocycles. The van der Waals surface area contributed by atoms with Gasteiger partial charge in [-0.2, -0.15) is 0 Å². The number of hydrogen-bond acceptors (Lipinski definition) is 3. The van der Waals surface area contributed by atoms with Crippen LogP contribution in [0, 0.1) is 0 Å². The number of ether oxygens (including phenoxy) is 3. The van der Waals surface area contributed by atoms with Crippen molar-refractivity contribution in [2.24, 2.45) is 0 Å². The van der Waals surface area contributed by atoms with Gasteiger partial charge in [-0.25, -0.2) is 0 Å². The molecule has 28 heavy (non-hydrogen) atoms. The third kappa shape index (κ3) is 4.73. The Bertz CT molecular complexity index is 777. The van der Waals surface area contributed by atoms with Gasteiger partial charge in [-0.1, -0.05) is 0 Å². The zero-order valence-electron chi connectivity index (χ0n) is 16.8. The first-order valence-corrected chi connectivity index (χ1v) is 12.5. The SMILES string of the molecule is COCc1cccc[c]1[Ge]([c]1ccccc1COC)[c]1ccccc1COC. The molecule has 0 atom stereocenters. The fourth-order valence-corrected chi connectivity index (χ4v) is 10.1. The van der Waals surface area contributed by atoms with Crippen LogP contribution >= 0.6 is 0 Å². The van der Waals surface area contributed by atoms with Crippen LogP contribution in [0.25, 0.3) is 0 Å². The molecule has 0 N–H and O–H groups in total. The van der Waals surface area contributed by atoms with Crippen molar-refractivity contribution in [3.8, 4) is 0 Å². The molecule has 0 bridgehead atoms. The molecule has 0 fully saturated rings. The molecule has 0 spiro atoms. The molecule has 0 saturated carbocycles. The molecule has 0 saturated heterocycles. The Hall–Kier alpha value is -1.92. The van der Waals surface area contributed by atoms with Crippen molar-refractivity contribution in [1.29, 1.82) is 0 Å². The Morgan fingerprint density at radius 3 is 1.07 bits per heavy atom. The summed E-state index contributed by atoms with van der Waals surface area (Å²) in [4.78, 5) is 0. The van der Waals surface area contributed by atoms with Gasteiger partial charge in [-0.15, -0.1) is 0 Å². The second kappa shape index (κ2) is 10.6. The Morgan fingerprint density at radius 2 is 0.786 bits per heavy atom. The molecule has 0 amide bonds. The average Bonchev–Trinajstić information content (AvgIpc) is 2.72. The van der Waals surface area contributed by atoms with Crippen molar-refractivity contribution in [2.75, 3.05) is 21.3 Å². The molecule has 0 heterocycles. The summed E-state index contributed by atoms with van der Waals surface area (Å²) < 4.78 is 20.8. The molecule has 4 heteroatoms. The van der Waals surface area contributed by atoms with E-state index in [-0.39, 0.29) is 0 Å². The van der Waals surface area contributed by atoms with Gasteiger partial charge >= 0.3 is 172 Å². The summed E-state index contributed by atoms with van der Waals surface area (Å²) in [5, 5.41) is 0. The molecule has 3 rings (SSSR count). The molecule has 0 unspecified atom stereocenters. The minimum absolute atomic E-state index is 0.617. The van der Waals surface area contributed by atoms with E-state index in [1.165, 1.54) is 29.9 Å². The summed E-state index contributed by atoms with van der Waals surface area (Å²) in [6.45, 7) is 1.85. The van der Waals surface area contributed by atoms with E-state index in [4.69, 9.17) is 14.2 Å². The second-order valence-electron chi connectivity index (χ2n) is 6.65. The summed E-state index contributed by atoms with van der Waals surface area (Å²) in [6.07, 6.45) is 0. The fourth-order valence-electron chi connectivity index (χ4n) is 3.57. The van der Waals surface area contributed by atoms with Crippen LogP contribution in [0.2, 0.25) is 0 Å². The normalized spacial score (nSPS) is 11.1. The van der Waals surface area contributed by atoms with E-state index in [9.17, 15) is 0 Å². The Morgan fingerprint density at radius 1 is 0.500 bits per heavy atom. The third-order valence-corrected chi connectivity index (χ3v) is 11.2. The summed E-state index contributed by atoms with van der Waals surface area (Å²) >= 11 is -2.13. The van der Waals surface area contributed by atoms with Crippen LogP contribution in [0.3, 0.4) is 0 Å². The first-order valence-electron chi connectivity index (χ1n) is 9.38. The summed E-state index contributed by atoms with van der Waals surface area (Å²) in [5.41, 5.74) is 3.79. The maximum atomic E-state index is 5.52. The van der Waals surface area contributed by atoms with E-state index in [1.807, 2.05) is 0 Å². The number of rotatable bonds is 9. The van der Waals surface area contributed by atoms with E-state index in [2.05, 4.69) is 72.8 Å². The van der Waals surface area contributed by atoms with Crippen LogP contribution in [-0.2, 0) is 34.0 Å². The average molecular weight is 436 g/mol. The van der Waals surface area contributed by atoms with Crippen molar-refractivity contribution in [1.82, 2.24) is 0 Å². The van der Waals surface area contributed by atoms with E-state index in [0.717, 1.165) is 0 Å². The fraction of sp³-hybridized carbons (Fsp3) is 0.250. The van der Waals surface area contributed by atoms with Gasteiger partial charge in [0.05, 0.1) is 0 Å². The van der Waals surface area contributed by atoms with E-state index >= 15 is 0 Å². The van der Waals surface area contributed by atoms with Gasteiger partial charge in [-0.05, 0) is 0 Å². The predicted molar refractivity (Wildman–Crippen MR) is 116 cm³/mol. The summed E-state index contributed by atoms with van der Waals surface area (Å²) in [6, 6.07) is 26.1. The second-order valence-corrected chi connectivity index (χ2v) is 11.6. The third-order valence-electron chi connectivity index (χ3n) is 4.76. The molecular weight excluding hydrogens is 409 g/mol. The van der Waals surface area contributed by atoms with E-state index in [1.54, 1.807) is 21.3 Å². The van der Waals surface area contributed by atoms with Crippen molar-refractivity contribution in [3.05, 3.63) is 89.5 Å². The minimum atomic E-state index is -2.13. The molecular formula is C24H27GeO3. The number of methoxy groups -OCH3 is 3. The molecule has 145 valence electrons. The Kier molecular flexibility index (Phi) is 7.86. The maximum absolute atomic E-state index is 5.52. The molecule has 0 aliphatic carbocycles. The van der Waals surface area contributed by atoms with Crippen LogP contribution in [0.1, 0.15) is 16.7 Å². The van der Waals surface area contributed by atoms with Gasteiger partial charge in [0.15, 0.2) is 0 Å². The van der Waals surface area contributed by atoms with Crippen LogP contribution in [0.4, 0.5) is 0 Å². The van der Waals surface area contributed by atoms with E-state index < -0.39 is 14.3 Å². The standard InChI is InChI=1S/C24H27GeO3/c1-26-16-19-10-4-7-13-22(19)25(23-14-8-5-11-20(23)17-27-2)24-15-9-6-12-21(24)18-28-3/h4-15H,16-18H2,1-3H3. The Balaban J connectivity index is 2.25. The molecule has 3 aromatic rings. The monoisotopic (exact) mass is 437 g/mol. The van der Waals surface area contributed by atoms with Crippen molar-refractivity contribution in [2.45, 2.75) is 19.8 Å². The van der Waals surface area contributed by atoms with E-state index in [0.29, 0.717) is 19.8 Å². The number of benzene rings is 3. The molecule has 3 aromatic carbocycles. The van der Waals surface area contributed by atoms with Crippen LogP contribution in [0.5, 0.6) is 0 Å². The first kappa shape index (κ1) is 20.8.